The van der Waals surface area contributed by atoms with E-state index in [2.05, 4.69) is 6.07 Å². The SMILES string of the molecule is N#Cc1ccc(C(=O)N2CCCC(CO)(CC3CC3)C2)cc1. The summed E-state index contributed by atoms with van der Waals surface area (Å²) in [4.78, 5) is 14.5. The Kier molecular flexibility index (Phi) is 4.17. The van der Waals surface area contributed by atoms with Crippen molar-refractivity contribution in [3.63, 3.8) is 0 Å². The zero-order valence-electron chi connectivity index (χ0n) is 12.8. The molecule has 3 rings (SSSR count). The fraction of sp³-hybridized carbons (Fsp3) is 0.556. The maximum absolute atomic E-state index is 12.7. The van der Waals surface area contributed by atoms with Crippen molar-refractivity contribution in [2.24, 2.45) is 11.3 Å². The Morgan fingerprint density at radius 1 is 1.36 bits per heavy atom. The Labute approximate surface area is 131 Å². The third-order valence-electron chi connectivity index (χ3n) is 4.96. The van der Waals surface area contributed by atoms with E-state index in [-0.39, 0.29) is 17.9 Å². The molecule has 1 aliphatic heterocycles. The van der Waals surface area contributed by atoms with Crippen molar-refractivity contribution in [2.75, 3.05) is 19.7 Å². The third kappa shape index (κ3) is 3.15. The molecular weight excluding hydrogens is 276 g/mol. The summed E-state index contributed by atoms with van der Waals surface area (Å²) in [5.41, 5.74) is 1.08. The number of rotatable bonds is 4. The van der Waals surface area contributed by atoms with Crippen LogP contribution >= 0.6 is 0 Å². The Morgan fingerprint density at radius 2 is 2.09 bits per heavy atom. The van der Waals surface area contributed by atoms with Crippen LogP contribution in [0.1, 0.15) is 48.0 Å². The van der Waals surface area contributed by atoms with Gasteiger partial charge in [-0.3, -0.25) is 4.79 Å². The molecule has 1 atom stereocenters. The van der Waals surface area contributed by atoms with E-state index in [0.29, 0.717) is 17.7 Å². The number of nitrogens with zero attached hydrogens (tertiary/aromatic N) is 2. The van der Waals surface area contributed by atoms with Crippen LogP contribution in [0, 0.1) is 22.7 Å². The number of aliphatic hydroxyl groups excluding tert-OH is 1. The lowest BCUT2D eigenvalue weighted by molar-refractivity contribution is 0.0196. The van der Waals surface area contributed by atoms with Crippen LogP contribution in [-0.4, -0.2) is 35.6 Å². The second-order valence-electron chi connectivity index (χ2n) is 6.83. The summed E-state index contributed by atoms with van der Waals surface area (Å²) in [5, 5.41) is 18.7. The van der Waals surface area contributed by atoms with Gasteiger partial charge in [0.25, 0.3) is 5.91 Å². The van der Waals surface area contributed by atoms with Crippen molar-refractivity contribution in [3.8, 4) is 6.07 Å². The Bertz CT molecular complexity index is 586. The molecular formula is C18H22N2O2. The molecule has 1 unspecified atom stereocenters. The molecule has 22 heavy (non-hydrogen) atoms. The zero-order valence-corrected chi connectivity index (χ0v) is 12.8. The van der Waals surface area contributed by atoms with E-state index in [0.717, 1.165) is 31.7 Å². The number of carbonyl (C=O) groups excluding carboxylic acids is 1. The average molecular weight is 298 g/mol. The van der Waals surface area contributed by atoms with Crippen LogP contribution in [0.2, 0.25) is 0 Å². The first kappa shape index (κ1) is 15.1. The van der Waals surface area contributed by atoms with E-state index in [9.17, 15) is 9.90 Å². The summed E-state index contributed by atoms with van der Waals surface area (Å²) in [6, 6.07) is 8.87. The van der Waals surface area contributed by atoms with Gasteiger partial charge in [0.1, 0.15) is 0 Å². The molecule has 1 saturated heterocycles. The van der Waals surface area contributed by atoms with Gasteiger partial charge >= 0.3 is 0 Å². The van der Waals surface area contributed by atoms with E-state index in [1.165, 1.54) is 12.8 Å². The second-order valence-corrected chi connectivity index (χ2v) is 6.83. The molecule has 4 heteroatoms. The lowest BCUT2D eigenvalue weighted by Gasteiger charge is -2.42. The standard InChI is InChI=1S/C18H22N2O2/c19-11-15-4-6-16(7-5-15)17(22)20-9-1-8-18(12-20,13-21)10-14-2-3-14/h4-7,14,21H,1-3,8-10,12-13H2. The van der Waals surface area contributed by atoms with Crippen LogP contribution in [0.15, 0.2) is 24.3 Å². The highest BCUT2D eigenvalue weighted by Crippen LogP contribution is 2.44. The van der Waals surface area contributed by atoms with Crippen LogP contribution in [-0.2, 0) is 0 Å². The molecule has 0 bridgehead atoms. The normalized spacial score (nSPS) is 24.8. The van der Waals surface area contributed by atoms with Crippen molar-refractivity contribution in [3.05, 3.63) is 35.4 Å². The molecule has 2 aliphatic rings. The Hall–Kier alpha value is -1.86. The summed E-state index contributed by atoms with van der Waals surface area (Å²) >= 11 is 0. The molecule has 1 heterocycles. The van der Waals surface area contributed by atoms with E-state index < -0.39 is 0 Å². The molecule has 0 radical (unpaired) electrons. The van der Waals surface area contributed by atoms with Gasteiger partial charge in [-0.2, -0.15) is 5.26 Å². The summed E-state index contributed by atoms with van der Waals surface area (Å²) in [6.07, 6.45) is 5.55. The Morgan fingerprint density at radius 3 is 2.68 bits per heavy atom. The number of carbonyl (C=O) groups is 1. The Balaban J connectivity index is 1.72. The molecule has 1 saturated carbocycles. The minimum Gasteiger partial charge on any atom is -0.396 e. The lowest BCUT2D eigenvalue weighted by atomic mass is 9.76. The number of benzene rings is 1. The maximum atomic E-state index is 12.7. The van der Waals surface area contributed by atoms with Crippen molar-refractivity contribution < 1.29 is 9.90 Å². The van der Waals surface area contributed by atoms with Crippen LogP contribution in [0.4, 0.5) is 0 Å². The number of nitriles is 1. The summed E-state index contributed by atoms with van der Waals surface area (Å²) < 4.78 is 0. The molecule has 1 aromatic rings. The van der Waals surface area contributed by atoms with Gasteiger partial charge in [0.2, 0.25) is 0 Å². The first-order valence-corrected chi connectivity index (χ1v) is 8.06. The predicted octanol–water partition coefficient (Wildman–Crippen LogP) is 2.57. The van der Waals surface area contributed by atoms with Crippen molar-refractivity contribution in [2.45, 2.75) is 32.1 Å². The van der Waals surface area contributed by atoms with Gasteiger partial charge in [-0.05, 0) is 49.4 Å². The topological polar surface area (TPSA) is 64.3 Å². The molecule has 116 valence electrons. The lowest BCUT2D eigenvalue weighted by Crippen LogP contribution is -2.48. The number of amides is 1. The van der Waals surface area contributed by atoms with E-state index in [1.54, 1.807) is 24.3 Å². The number of likely N-dealkylation sites (tertiary alicyclic amines) is 1. The minimum atomic E-state index is -0.109. The molecule has 4 nitrogen and oxygen atoms in total. The van der Waals surface area contributed by atoms with Gasteiger partial charge in [-0.25, -0.2) is 0 Å². The molecule has 2 fully saturated rings. The highest BCUT2D eigenvalue weighted by Gasteiger charge is 2.41. The highest BCUT2D eigenvalue weighted by molar-refractivity contribution is 5.94. The van der Waals surface area contributed by atoms with E-state index in [1.807, 2.05) is 4.90 Å². The summed E-state index contributed by atoms with van der Waals surface area (Å²) in [7, 11) is 0. The average Bonchev–Trinajstić information content (AvgIpc) is 3.38. The quantitative estimate of drug-likeness (QED) is 0.929. The fourth-order valence-corrected chi connectivity index (χ4v) is 3.55. The van der Waals surface area contributed by atoms with Crippen LogP contribution < -0.4 is 0 Å². The minimum absolute atomic E-state index is 0.0119. The van der Waals surface area contributed by atoms with Crippen molar-refractivity contribution in [1.29, 1.82) is 5.26 Å². The summed E-state index contributed by atoms with van der Waals surface area (Å²) in [5.74, 6) is 0.759. The van der Waals surface area contributed by atoms with Crippen molar-refractivity contribution in [1.82, 2.24) is 4.90 Å². The van der Waals surface area contributed by atoms with Crippen LogP contribution in [0.3, 0.4) is 0 Å². The first-order chi connectivity index (χ1) is 10.7. The molecule has 1 aromatic carbocycles. The van der Waals surface area contributed by atoms with Gasteiger partial charge in [0.15, 0.2) is 0 Å². The molecule has 0 aromatic heterocycles. The number of piperidine rings is 1. The number of hydrogen-bond donors (Lipinski definition) is 1. The van der Waals surface area contributed by atoms with Gasteiger partial charge in [0, 0.05) is 24.1 Å². The summed E-state index contributed by atoms with van der Waals surface area (Å²) in [6.45, 7) is 1.57. The zero-order chi connectivity index (χ0) is 15.6. The predicted molar refractivity (Wildman–Crippen MR) is 83.2 cm³/mol. The smallest absolute Gasteiger partial charge is 0.253 e. The monoisotopic (exact) mass is 298 g/mol. The van der Waals surface area contributed by atoms with Crippen LogP contribution in [0.25, 0.3) is 0 Å². The maximum Gasteiger partial charge on any atom is 0.253 e. The third-order valence-corrected chi connectivity index (χ3v) is 4.96. The van der Waals surface area contributed by atoms with Gasteiger partial charge in [-0.1, -0.05) is 12.8 Å². The van der Waals surface area contributed by atoms with Gasteiger partial charge < -0.3 is 10.0 Å². The van der Waals surface area contributed by atoms with Gasteiger partial charge in [-0.15, -0.1) is 0 Å². The second kappa shape index (κ2) is 6.10. The molecule has 1 N–H and O–H groups in total. The highest BCUT2D eigenvalue weighted by atomic mass is 16.3. The first-order valence-electron chi connectivity index (χ1n) is 8.06. The molecule has 1 aliphatic carbocycles. The molecule has 0 spiro atoms. The number of aliphatic hydroxyl groups is 1. The fourth-order valence-electron chi connectivity index (χ4n) is 3.55. The van der Waals surface area contributed by atoms with Crippen molar-refractivity contribution >= 4 is 5.91 Å². The van der Waals surface area contributed by atoms with E-state index >= 15 is 0 Å². The number of hydrogen-bond acceptors (Lipinski definition) is 3. The molecule has 1 amide bonds. The van der Waals surface area contributed by atoms with Gasteiger partial charge in [0.05, 0.1) is 18.2 Å². The van der Waals surface area contributed by atoms with Crippen LogP contribution in [0.5, 0.6) is 0 Å². The van der Waals surface area contributed by atoms with E-state index in [4.69, 9.17) is 5.26 Å². The largest absolute Gasteiger partial charge is 0.396 e.